The molecule has 0 unspecified atom stereocenters. The van der Waals surface area contributed by atoms with E-state index in [0.29, 0.717) is 32.5 Å². The van der Waals surface area contributed by atoms with Crippen molar-refractivity contribution in [2.24, 2.45) is 5.41 Å². The van der Waals surface area contributed by atoms with Gasteiger partial charge in [0.15, 0.2) is 0 Å². The molecule has 0 spiro atoms. The van der Waals surface area contributed by atoms with Crippen LogP contribution in [0, 0.1) is 5.41 Å². The number of benzene rings is 1. The van der Waals surface area contributed by atoms with Crippen LogP contribution in [0.1, 0.15) is 24.8 Å². The summed E-state index contributed by atoms with van der Waals surface area (Å²) in [5, 5.41) is 2.07. The number of ether oxygens (including phenoxy) is 1. The van der Waals surface area contributed by atoms with E-state index >= 15 is 0 Å². The molecule has 1 atom stereocenters. The van der Waals surface area contributed by atoms with Crippen molar-refractivity contribution in [2.75, 3.05) is 40.9 Å². The normalized spacial score (nSPS) is 19.2. The molecule has 6 heteroatoms. The van der Waals surface area contributed by atoms with Gasteiger partial charge in [-0.3, -0.25) is 9.59 Å². The highest BCUT2D eigenvalue weighted by Gasteiger charge is 2.44. The summed E-state index contributed by atoms with van der Waals surface area (Å²) in [6.45, 7) is 1.59. The van der Waals surface area contributed by atoms with Crippen molar-refractivity contribution in [3.05, 3.63) is 47.3 Å². The fraction of sp³-hybridized carbons (Fsp3) is 0.478. The van der Waals surface area contributed by atoms with Crippen LogP contribution in [0.15, 0.2) is 41.8 Å². The van der Waals surface area contributed by atoms with Crippen molar-refractivity contribution in [1.82, 2.24) is 9.80 Å². The predicted octanol–water partition coefficient (Wildman–Crippen LogP) is 3.69. The lowest BCUT2D eigenvalue weighted by Gasteiger charge is -2.43. The van der Waals surface area contributed by atoms with Gasteiger partial charge in [-0.05, 0) is 41.8 Å². The van der Waals surface area contributed by atoms with Crippen LogP contribution in [0.4, 0.5) is 0 Å². The molecule has 2 heterocycles. The first-order chi connectivity index (χ1) is 13.9. The third-order valence-electron chi connectivity index (χ3n) is 5.61. The highest BCUT2D eigenvalue weighted by molar-refractivity contribution is 7.13. The van der Waals surface area contributed by atoms with Gasteiger partial charge in [0.05, 0.1) is 18.4 Å². The maximum absolute atomic E-state index is 13.2. The fourth-order valence-electron chi connectivity index (χ4n) is 4.18. The maximum Gasteiger partial charge on any atom is 0.230 e. The molecule has 1 aliphatic heterocycles. The van der Waals surface area contributed by atoms with E-state index in [2.05, 4.69) is 41.8 Å². The topological polar surface area (TPSA) is 49.9 Å². The molecule has 0 N–H and O–H groups in total. The molecule has 1 fully saturated rings. The van der Waals surface area contributed by atoms with E-state index in [4.69, 9.17) is 4.74 Å². The monoisotopic (exact) mass is 414 g/mol. The largest absolute Gasteiger partial charge is 0.384 e. The van der Waals surface area contributed by atoms with Gasteiger partial charge in [-0.25, -0.2) is 0 Å². The lowest BCUT2D eigenvalue weighted by molar-refractivity contribution is -0.147. The third-order valence-corrected chi connectivity index (χ3v) is 6.53. The molecular weight excluding hydrogens is 384 g/mol. The number of hydrogen-bond donors (Lipinski definition) is 0. The smallest absolute Gasteiger partial charge is 0.230 e. The Kier molecular flexibility index (Phi) is 7.09. The number of amides is 2. The Morgan fingerprint density at radius 2 is 1.97 bits per heavy atom. The van der Waals surface area contributed by atoms with E-state index in [-0.39, 0.29) is 11.8 Å². The van der Waals surface area contributed by atoms with Crippen molar-refractivity contribution in [3.8, 4) is 10.4 Å². The third kappa shape index (κ3) is 5.06. The summed E-state index contributed by atoms with van der Waals surface area (Å²) < 4.78 is 5.06. The Morgan fingerprint density at radius 3 is 2.59 bits per heavy atom. The fourth-order valence-corrected chi connectivity index (χ4v) is 4.91. The van der Waals surface area contributed by atoms with Gasteiger partial charge in [0.25, 0.3) is 0 Å². The van der Waals surface area contributed by atoms with E-state index in [0.717, 1.165) is 18.4 Å². The first kappa shape index (κ1) is 21.5. The Bertz CT molecular complexity index is 817. The number of carbonyl (C=O) groups excluding carboxylic acids is 2. The molecule has 3 rings (SSSR count). The van der Waals surface area contributed by atoms with Crippen LogP contribution < -0.4 is 0 Å². The number of piperidine rings is 1. The van der Waals surface area contributed by atoms with Gasteiger partial charge >= 0.3 is 0 Å². The number of carbonyl (C=O) groups is 2. The molecule has 2 amide bonds. The van der Waals surface area contributed by atoms with Crippen molar-refractivity contribution in [1.29, 1.82) is 0 Å². The first-order valence-electron chi connectivity index (χ1n) is 10.1. The van der Waals surface area contributed by atoms with Crippen LogP contribution in [0.5, 0.6) is 0 Å². The molecule has 5 nitrogen and oxygen atoms in total. The highest BCUT2D eigenvalue weighted by atomic mass is 32.1. The number of nitrogens with zero attached hydrogens (tertiary/aromatic N) is 2. The molecule has 2 aromatic rings. The van der Waals surface area contributed by atoms with Gasteiger partial charge < -0.3 is 14.5 Å². The van der Waals surface area contributed by atoms with E-state index in [1.165, 1.54) is 10.4 Å². The van der Waals surface area contributed by atoms with Crippen LogP contribution in [0.3, 0.4) is 0 Å². The number of rotatable bonds is 7. The average Bonchev–Trinajstić information content (AvgIpc) is 3.27. The van der Waals surface area contributed by atoms with Crippen molar-refractivity contribution in [3.63, 3.8) is 0 Å². The number of methoxy groups -OCH3 is 1. The molecule has 0 bridgehead atoms. The second-order valence-electron chi connectivity index (χ2n) is 7.99. The minimum Gasteiger partial charge on any atom is -0.384 e. The molecule has 1 aromatic carbocycles. The summed E-state index contributed by atoms with van der Waals surface area (Å²) in [6, 6.07) is 12.6. The molecular formula is C23H30N2O3S. The second kappa shape index (κ2) is 9.55. The van der Waals surface area contributed by atoms with Crippen LogP contribution in [0.2, 0.25) is 0 Å². The Hall–Kier alpha value is -2.18. The summed E-state index contributed by atoms with van der Waals surface area (Å²) in [7, 11) is 5.20. The maximum atomic E-state index is 13.2. The summed E-state index contributed by atoms with van der Waals surface area (Å²) in [4.78, 5) is 30.6. The van der Waals surface area contributed by atoms with Gasteiger partial charge in [0, 0.05) is 39.2 Å². The molecule has 156 valence electrons. The quantitative estimate of drug-likeness (QED) is 0.694. The lowest BCUT2D eigenvalue weighted by Crippen LogP contribution is -2.54. The van der Waals surface area contributed by atoms with Gasteiger partial charge in [-0.15, -0.1) is 11.3 Å². The Balaban J connectivity index is 1.81. The van der Waals surface area contributed by atoms with E-state index < -0.39 is 5.41 Å². The molecule has 0 aliphatic carbocycles. The zero-order chi connectivity index (χ0) is 20.9. The van der Waals surface area contributed by atoms with Crippen molar-refractivity contribution >= 4 is 23.2 Å². The van der Waals surface area contributed by atoms with Gasteiger partial charge in [0.1, 0.15) is 0 Å². The van der Waals surface area contributed by atoms with Crippen molar-refractivity contribution < 1.29 is 14.3 Å². The van der Waals surface area contributed by atoms with E-state index in [9.17, 15) is 9.59 Å². The van der Waals surface area contributed by atoms with Gasteiger partial charge in [0.2, 0.25) is 11.8 Å². The zero-order valence-electron chi connectivity index (χ0n) is 17.5. The predicted molar refractivity (Wildman–Crippen MR) is 117 cm³/mol. The molecule has 0 radical (unpaired) electrons. The molecule has 29 heavy (non-hydrogen) atoms. The second-order valence-corrected chi connectivity index (χ2v) is 8.94. The standard InChI is InChI=1S/C23H30N2O3S/c1-24(2)22(27)23(12-5-13-25(17-23)21(26)11-14-28-3)16-18-7-9-19(10-8-18)20-6-4-15-29-20/h4,6-10,15H,5,11-14,16-17H2,1-3H3/t23-/m0/s1. The van der Waals surface area contributed by atoms with Crippen LogP contribution in [0.25, 0.3) is 10.4 Å². The van der Waals surface area contributed by atoms with Crippen LogP contribution in [-0.4, -0.2) is 62.5 Å². The molecule has 1 aliphatic rings. The van der Waals surface area contributed by atoms with E-state index in [1.54, 1.807) is 37.4 Å². The number of hydrogen-bond acceptors (Lipinski definition) is 4. The zero-order valence-corrected chi connectivity index (χ0v) is 18.3. The van der Waals surface area contributed by atoms with E-state index in [1.807, 2.05) is 4.90 Å². The summed E-state index contributed by atoms with van der Waals surface area (Å²) in [5.74, 6) is 0.166. The molecule has 0 saturated carbocycles. The highest BCUT2D eigenvalue weighted by Crippen LogP contribution is 2.36. The average molecular weight is 415 g/mol. The first-order valence-corrected chi connectivity index (χ1v) is 10.9. The summed E-state index contributed by atoms with van der Waals surface area (Å²) in [6.07, 6.45) is 2.64. The molecule has 1 saturated heterocycles. The lowest BCUT2D eigenvalue weighted by atomic mass is 9.73. The summed E-state index contributed by atoms with van der Waals surface area (Å²) >= 11 is 1.72. The van der Waals surface area contributed by atoms with Crippen LogP contribution >= 0.6 is 11.3 Å². The minimum absolute atomic E-state index is 0.0653. The Labute approximate surface area is 177 Å². The number of likely N-dealkylation sites (tertiary alicyclic amines) is 1. The van der Waals surface area contributed by atoms with Crippen LogP contribution in [-0.2, 0) is 20.7 Å². The van der Waals surface area contributed by atoms with Gasteiger partial charge in [-0.1, -0.05) is 30.3 Å². The SMILES string of the molecule is COCCC(=O)N1CCC[C@@](Cc2ccc(-c3cccs3)cc2)(C(=O)N(C)C)C1. The summed E-state index contributed by atoms with van der Waals surface area (Å²) in [5.41, 5.74) is 1.75. The molecule has 1 aromatic heterocycles. The Morgan fingerprint density at radius 1 is 1.21 bits per heavy atom. The minimum atomic E-state index is -0.574. The van der Waals surface area contributed by atoms with Gasteiger partial charge in [-0.2, -0.15) is 0 Å². The van der Waals surface area contributed by atoms with Crippen molar-refractivity contribution in [2.45, 2.75) is 25.7 Å². The number of thiophene rings is 1.